The van der Waals surface area contributed by atoms with Crippen LogP contribution in [0.3, 0.4) is 0 Å². The smallest absolute Gasteiger partial charge is 0.315 e. The molecule has 4 nitrogen and oxygen atoms in total. The molecule has 3 N–H and O–H groups in total. The summed E-state index contributed by atoms with van der Waals surface area (Å²) in [6, 6.07) is 1.81. The first-order chi connectivity index (χ1) is 8.13. The Morgan fingerprint density at radius 2 is 2.35 bits per heavy atom. The van der Waals surface area contributed by atoms with E-state index in [1.807, 2.05) is 25.3 Å². The van der Waals surface area contributed by atoms with Crippen molar-refractivity contribution in [3.63, 3.8) is 0 Å². The predicted octanol–water partition coefficient (Wildman–Crippen LogP) is 1.30. The van der Waals surface area contributed by atoms with Gasteiger partial charge in [0.1, 0.15) is 6.61 Å². The zero-order valence-corrected chi connectivity index (χ0v) is 10.7. The first-order valence-electron chi connectivity index (χ1n) is 5.34. The highest BCUT2D eigenvalue weighted by Gasteiger charge is 2.05. The number of carbonyl (C=O) groups is 1. The minimum absolute atomic E-state index is 0.118. The Morgan fingerprint density at radius 3 is 3.00 bits per heavy atom. The fourth-order valence-corrected chi connectivity index (χ4v) is 1.97. The lowest BCUT2D eigenvalue weighted by atomic mass is 10.2. The number of amides is 2. The van der Waals surface area contributed by atoms with Crippen LogP contribution in [-0.4, -0.2) is 23.8 Å². The third-order valence-electron chi connectivity index (χ3n) is 1.88. The number of hydrogen-bond acceptors (Lipinski definition) is 3. The minimum Gasteiger partial charge on any atom is -0.384 e. The predicted molar refractivity (Wildman–Crippen MR) is 68.8 cm³/mol. The lowest BCUT2D eigenvalue weighted by molar-refractivity contribution is 0.238. The molecule has 1 aromatic rings. The maximum Gasteiger partial charge on any atom is 0.315 e. The van der Waals surface area contributed by atoms with Gasteiger partial charge in [-0.05, 0) is 25.3 Å². The lowest BCUT2D eigenvalue weighted by Crippen LogP contribution is -2.38. The van der Waals surface area contributed by atoms with Gasteiger partial charge in [0, 0.05) is 16.5 Å². The Hall–Kier alpha value is -1.51. The number of aliphatic hydroxyl groups is 1. The molecular weight excluding hydrogens is 236 g/mol. The number of hydrogen-bond donors (Lipinski definition) is 3. The molecule has 0 spiro atoms. The van der Waals surface area contributed by atoms with Gasteiger partial charge in [-0.3, -0.25) is 0 Å². The van der Waals surface area contributed by atoms with Crippen LogP contribution in [0.2, 0.25) is 0 Å². The van der Waals surface area contributed by atoms with E-state index in [1.54, 1.807) is 0 Å². The maximum atomic E-state index is 11.4. The number of carbonyl (C=O) groups excluding carboxylic acids is 1. The second-order valence-electron chi connectivity index (χ2n) is 3.70. The lowest BCUT2D eigenvalue weighted by Gasteiger charge is -2.09. The molecule has 0 aliphatic rings. The zero-order chi connectivity index (χ0) is 12.7. The van der Waals surface area contributed by atoms with Gasteiger partial charge in [-0.25, -0.2) is 4.79 Å². The van der Waals surface area contributed by atoms with Gasteiger partial charge < -0.3 is 15.7 Å². The van der Waals surface area contributed by atoms with Crippen molar-refractivity contribution in [1.82, 2.24) is 10.6 Å². The Balaban J connectivity index is 2.52. The molecule has 17 heavy (non-hydrogen) atoms. The fraction of sp³-hybridized carbons (Fsp3) is 0.417. The topological polar surface area (TPSA) is 61.4 Å². The Morgan fingerprint density at radius 1 is 1.59 bits per heavy atom. The van der Waals surface area contributed by atoms with Crippen molar-refractivity contribution in [3.05, 3.63) is 21.9 Å². The number of rotatable bonds is 3. The number of urea groups is 1. The van der Waals surface area contributed by atoms with Crippen molar-refractivity contribution >= 4 is 17.4 Å². The molecule has 0 aliphatic heterocycles. The molecule has 0 saturated carbocycles. The highest BCUT2D eigenvalue weighted by Crippen LogP contribution is 2.15. The molecule has 0 aliphatic carbocycles. The van der Waals surface area contributed by atoms with Crippen LogP contribution in [0, 0.1) is 11.8 Å². The average Bonchev–Trinajstić information content (AvgIpc) is 2.70. The van der Waals surface area contributed by atoms with Crippen molar-refractivity contribution in [2.45, 2.75) is 26.4 Å². The second-order valence-corrected chi connectivity index (χ2v) is 4.70. The first kappa shape index (κ1) is 13.6. The van der Waals surface area contributed by atoms with Crippen LogP contribution in [0.25, 0.3) is 0 Å². The van der Waals surface area contributed by atoms with E-state index in [1.165, 1.54) is 11.3 Å². The standard InChI is InChI=1S/C12H16N2O2S/c1-9(2)14-12(16)13-8-11-10(4-3-6-15)5-7-17-11/h5,7,9,15H,6,8H2,1-2H3,(H2,13,14,16). The summed E-state index contributed by atoms with van der Waals surface area (Å²) >= 11 is 1.53. The van der Waals surface area contributed by atoms with Gasteiger partial charge in [0.15, 0.2) is 0 Å². The van der Waals surface area contributed by atoms with E-state index in [-0.39, 0.29) is 18.7 Å². The molecule has 0 aromatic carbocycles. The van der Waals surface area contributed by atoms with Gasteiger partial charge in [-0.2, -0.15) is 0 Å². The summed E-state index contributed by atoms with van der Waals surface area (Å²) in [5.74, 6) is 5.44. The molecule has 0 bridgehead atoms. The van der Waals surface area contributed by atoms with Crippen LogP contribution < -0.4 is 10.6 Å². The SMILES string of the molecule is CC(C)NC(=O)NCc1sccc1C#CCO. The van der Waals surface area contributed by atoms with Crippen molar-refractivity contribution < 1.29 is 9.90 Å². The van der Waals surface area contributed by atoms with Gasteiger partial charge in [0.25, 0.3) is 0 Å². The van der Waals surface area contributed by atoms with E-state index in [0.29, 0.717) is 6.54 Å². The van der Waals surface area contributed by atoms with Crippen molar-refractivity contribution in [2.24, 2.45) is 0 Å². The van der Waals surface area contributed by atoms with Crippen LogP contribution in [0.5, 0.6) is 0 Å². The highest BCUT2D eigenvalue weighted by molar-refractivity contribution is 7.10. The van der Waals surface area contributed by atoms with Crippen molar-refractivity contribution in [3.8, 4) is 11.8 Å². The molecule has 0 radical (unpaired) electrons. The summed E-state index contributed by atoms with van der Waals surface area (Å²) in [6.45, 7) is 4.11. The van der Waals surface area contributed by atoms with Crippen LogP contribution >= 0.6 is 11.3 Å². The Labute approximate surface area is 105 Å². The summed E-state index contributed by atoms with van der Waals surface area (Å²) in [6.07, 6.45) is 0. The largest absolute Gasteiger partial charge is 0.384 e. The average molecular weight is 252 g/mol. The fourth-order valence-electron chi connectivity index (χ4n) is 1.20. The molecule has 0 unspecified atom stereocenters. The molecular formula is C12H16N2O2S. The first-order valence-corrected chi connectivity index (χ1v) is 6.22. The summed E-state index contributed by atoms with van der Waals surface area (Å²) in [5, 5.41) is 16.0. The number of thiophene rings is 1. The summed E-state index contributed by atoms with van der Waals surface area (Å²) < 4.78 is 0. The van der Waals surface area contributed by atoms with Crippen LogP contribution in [0.15, 0.2) is 11.4 Å². The zero-order valence-electron chi connectivity index (χ0n) is 9.91. The summed E-state index contributed by atoms with van der Waals surface area (Å²) in [4.78, 5) is 12.4. The van der Waals surface area contributed by atoms with Gasteiger partial charge in [-0.15, -0.1) is 11.3 Å². The molecule has 92 valence electrons. The van der Waals surface area contributed by atoms with E-state index < -0.39 is 0 Å². The third kappa shape index (κ3) is 4.89. The third-order valence-corrected chi connectivity index (χ3v) is 2.80. The number of aliphatic hydroxyl groups excluding tert-OH is 1. The van der Waals surface area contributed by atoms with E-state index in [0.717, 1.165) is 10.4 Å². The van der Waals surface area contributed by atoms with Gasteiger partial charge in [-0.1, -0.05) is 11.8 Å². The van der Waals surface area contributed by atoms with Gasteiger partial charge in [0.2, 0.25) is 0 Å². The van der Waals surface area contributed by atoms with Gasteiger partial charge in [0.05, 0.1) is 6.54 Å². The monoisotopic (exact) mass is 252 g/mol. The van der Waals surface area contributed by atoms with E-state index in [2.05, 4.69) is 22.5 Å². The highest BCUT2D eigenvalue weighted by atomic mass is 32.1. The van der Waals surface area contributed by atoms with Crippen LogP contribution in [0.4, 0.5) is 4.79 Å². The van der Waals surface area contributed by atoms with Gasteiger partial charge >= 0.3 is 6.03 Å². The summed E-state index contributed by atoms with van der Waals surface area (Å²) in [7, 11) is 0. The minimum atomic E-state index is -0.186. The van der Waals surface area contributed by atoms with E-state index in [4.69, 9.17) is 5.11 Å². The second kappa shape index (κ2) is 6.94. The van der Waals surface area contributed by atoms with E-state index in [9.17, 15) is 4.79 Å². The quantitative estimate of drug-likeness (QED) is 0.710. The van der Waals surface area contributed by atoms with Crippen molar-refractivity contribution in [2.75, 3.05) is 6.61 Å². The molecule has 1 rings (SSSR count). The number of nitrogens with one attached hydrogen (secondary N) is 2. The molecule has 0 fully saturated rings. The Bertz CT molecular complexity index is 429. The Kier molecular flexibility index (Phi) is 5.53. The molecule has 5 heteroatoms. The summed E-state index contributed by atoms with van der Waals surface area (Å²) in [5.41, 5.74) is 0.855. The van der Waals surface area contributed by atoms with Crippen LogP contribution in [0.1, 0.15) is 24.3 Å². The molecule has 1 aromatic heterocycles. The molecule has 0 saturated heterocycles. The van der Waals surface area contributed by atoms with Crippen molar-refractivity contribution in [1.29, 1.82) is 0 Å². The maximum absolute atomic E-state index is 11.4. The molecule has 1 heterocycles. The molecule has 0 atom stereocenters. The van der Waals surface area contributed by atoms with Crippen LogP contribution in [-0.2, 0) is 6.54 Å². The normalized spacial score (nSPS) is 9.65. The molecule has 2 amide bonds. The van der Waals surface area contributed by atoms with E-state index >= 15 is 0 Å².